The summed E-state index contributed by atoms with van der Waals surface area (Å²) in [6, 6.07) is 8.95. The molecular weight excluding hydrogens is 496 g/mol. The van der Waals surface area contributed by atoms with Crippen LogP contribution in [0, 0.1) is 11.8 Å². The number of carboxylic acids is 1. The number of carboxylic acid groups (broad SMARTS) is 1. The Labute approximate surface area is 228 Å². The maximum Gasteiger partial charge on any atom is 0.360 e. The predicted octanol–water partition coefficient (Wildman–Crippen LogP) is 4.11. The number of rotatable bonds is 7. The monoisotopic (exact) mass is 536 g/mol. The van der Waals surface area contributed by atoms with E-state index in [1.54, 1.807) is 4.57 Å². The summed E-state index contributed by atoms with van der Waals surface area (Å²) in [7, 11) is 0. The van der Waals surface area contributed by atoms with Crippen molar-refractivity contribution in [2.45, 2.75) is 101 Å². The predicted molar refractivity (Wildman–Crippen MR) is 148 cm³/mol. The molecule has 4 bridgehead atoms. The fraction of sp³-hybridized carbons (Fsp3) is 0.667. The van der Waals surface area contributed by atoms with Crippen LogP contribution in [-0.2, 0) is 9.63 Å². The van der Waals surface area contributed by atoms with Gasteiger partial charge < -0.3 is 19.6 Å². The third-order valence-electron chi connectivity index (χ3n) is 9.71. The topological polar surface area (TPSA) is 117 Å². The Morgan fingerprint density at radius 3 is 2.28 bits per heavy atom. The molecule has 1 aromatic heterocycles. The average molecular weight is 537 g/mol. The van der Waals surface area contributed by atoms with Crippen LogP contribution < -0.4 is 5.56 Å². The lowest BCUT2D eigenvalue weighted by Gasteiger charge is -2.54. The number of aliphatic carboxylic acids is 1. The van der Waals surface area contributed by atoms with Crippen LogP contribution in [-0.4, -0.2) is 67.7 Å². The number of carbonyl (C=O) groups is 1. The molecule has 9 heteroatoms. The minimum Gasteiger partial charge on any atom is -0.476 e. The fourth-order valence-corrected chi connectivity index (χ4v) is 8.31. The van der Waals surface area contributed by atoms with Crippen molar-refractivity contribution < 1.29 is 19.8 Å². The SMILES string of the molecule is O=C(O)C(=NOCCO)c1nc2ccccc2n(C2C[C@H]3CCC[C@@H](C2)N3C2CC3CCCCC(C3)C2)c1=O. The molecule has 2 aromatic rings. The summed E-state index contributed by atoms with van der Waals surface area (Å²) in [5, 5.41) is 22.6. The summed E-state index contributed by atoms with van der Waals surface area (Å²) in [6.45, 7) is -0.473. The number of aliphatic hydroxyl groups excluding tert-OH is 1. The lowest BCUT2D eigenvalue weighted by atomic mass is 9.73. The first kappa shape index (κ1) is 26.4. The third kappa shape index (κ3) is 5.23. The van der Waals surface area contributed by atoms with Crippen LogP contribution in [0.2, 0.25) is 0 Å². The quantitative estimate of drug-likeness (QED) is 0.311. The fourth-order valence-electron chi connectivity index (χ4n) is 8.31. The minimum atomic E-state index is -1.38. The van der Waals surface area contributed by atoms with Gasteiger partial charge in [-0.25, -0.2) is 9.78 Å². The van der Waals surface area contributed by atoms with Crippen molar-refractivity contribution >= 4 is 22.7 Å². The van der Waals surface area contributed by atoms with Crippen LogP contribution >= 0.6 is 0 Å². The molecule has 4 aliphatic rings. The van der Waals surface area contributed by atoms with Crippen molar-refractivity contribution in [3.8, 4) is 0 Å². The molecule has 5 atom stereocenters. The normalized spacial score (nSPS) is 31.6. The molecule has 9 nitrogen and oxygen atoms in total. The van der Waals surface area contributed by atoms with Gasteiger partial charge in [0.25, 0.3) is 5.56 Å². The zero-order valence-corrected chi connectivity index (χ0v) is 22.6. The van der Waals surface area contributed by atoms with Crippen LogP contribution in [0.15, 0.2) is 34.2 Å². The molecule has 2 aliphatic carbocycles. The summed E-state index contributed by atoms with van der Waals surface area (Å²) in [6.07, 6.45) is 14.9. The first-order valence-electron chi connectivity index (χ1n) is 14.9. The molecule has 1 aromatic carbocycles. The van der Waals surface area contributed by atoms with E-state index < -0.39 is 17.2 Å². The van der Waals surface area contributed by atoms with E-state index in [4.69, 9.17) is 9.94 Å². The number of benzene rings is 1. The summed E-state index contributed by atoms with van der Waals surface area (Å²) in [4.78, 5) is 38.3. The van der Waals surface area contributed by atoms with E-state index >= 15 is 0 Å². The molecule has 39 heavy (non-hydrogen) atoms. The maximum atomic E-state index is 14.0. The summed E-state index contributed by atoms with van der Waals surface area (Å²) in [5.74, 6) is 0.349. The highest BCUT2D eigenvalue weighted by Gasteiger charge is 2.45. The van der Waals surface area contributed by atoms with Gasteiger partial charge in [-0.05, 0) is 68.9 Å². The number of piperidine rings is 2. The Balaban J connectivity index is 1.35. The largest absolute Gasteiger partial charge is 0.476 e. The van der Waals surface area contributed by atoms with Crippen molar-refractivity contribution in [1.29, 1.82) is 0 Å². The molecule has 210 valence electrons. The van der Waals surface area contributed by atoms with E-state index in [2.05, 4.69) is 15.0 Å². The van der Waals surface area contributed by atoms with Crippen LogP contribution in [0.1, 0.15) is 88.8 Å². The Kier molecular flexibility index (Phi) is 7.71. The second-order valence-corrected chi connectivity index (χ2v) is 12.1. The van der Waals surface area contributed by atoms with E-state index in [0.29, 0.717) is 23.6 Å². The Hall–Kier alpha value is -2.78. The van der Waals surface area contributed by atoms with Crippen LogP contribution in [0.4, 0.5) is 0 Å². The Bertz CT molecular complexity index is 1260. The summed E-state index contributed by atoms with van der Waals surface area (Å²) >= 11 is 0. The second kappa shape index (κ2) is 11.4. The van der Waals surface area contributed by atoms with E-state index in [1.165, 1.54) is 51.4 Å². The van der Waals surface area contributed by atoms with E-state index in [1.807, 2.05) is 24.3 Å². The van der Waals surface area contributed by atoms with E-state index in [9.17, 15) is 14.7 Å². The highest BCUT2D eigenvalue weighted by molar-refractivity contribution is 6.41. The standard InChI is InChI=1S/C30H40N4O5/c35-12-13-39-32-28(30(37)38)27-29(36)34(26-11-4-3-10-25(26)31-27)24-17-21-8-5-9-22(18-24)33(21)23-15-19-6-1-2-7-20(14-19)16-23/h3-4,10-11,19-24,35H,1-2,5-9,12-18H2,(H,37,38)/t19?,20?,21-,22+,23?,24?. The molecule has 6 rings (SSSR count). The number of hydrogen-bond donors (Lipinski definition) is 2. The molecule has 2 saturated carbocycles. The van der Waals surface area contributed by atoms with Gasteiger partial charge in [0.2, 0.25) is 5.71 Å². The van der Waals surface area contributed by atoms with Crippen LogP contribution in [0.5, 0.6) is 0 Å². The molecule has 0 radical (unpaired) electrons. The van der Waals surface area contributed by atoms with Gasteiger partial charge in [-0.15, -0.1) is 0 Å². The number of para-hydroxylation sites is 2. The number of hydrogen-bond acceptors (Lipinski definition) is 7. The first-order chi connectivity index (χ1) is 19.0. The smallest absolute Gasteiger partial charge is 0.360 e. The molecular formula is C30H40N4O5. The molecule has 2 aliphatic heterocycles. The first-order valence-corrected chi connectivity index (χ1v) is 14.9. The number of aromatic nitrogens is 2. The van der Waals surface area contributed by atoms with Crippen molar-refractivity contribution in [2.75, 3.05) is 13.2 Å². The van der Waals surface area contributed by atoms with E-state index in [-0.39, 0.29) is 24.9 Å². The van der Waals surface area contributed by atoms with E-state index in [0.717, 1.165) is 43.0 Å². The van der Waals surface area contributed by atoms with Gasteiger partial charge in [0.05, 0.1) is 17.6 Å². The van der Waals surface area contributed by atoms with Crippen molar-refractivity contribution in [1.82, 2.24) is 14.5 Å². The molecule has 0 amide bonds. The maximum absolute atomic E-state index is 14.0. The number of oxime groups is 1. The van der Waals surface area contributed by atoms with Crippen molar-refractivity contribution in [3.05, 3.63) is 40.3 Å². The van der Waals surface area contributed by atoms with Crippen LogP contribution in [0.25, 0.3) is 11.0 Å². The van der Waals surface area contributed by atoms with Gasteiger partial charge in [0.15, 0.2) is 5.69 Å². The minimum absolute atomic E-state index is 0.0324. The van der Waals surface area contributed by atoms with Crippen molar-refractivity contribution in [2.24, 2.45) is 17.0 Å². The lowest BCUT2D eigenvalue weighted by molar-refractivity contribution is -0.129. The van der Waals surface area contributed by atoms with Gasteiger partial charge in [-0.2, -0.15) is 0 Å². The van der Waals surface area contributed by atoms with Gasteiger partial charge in [0, 0.05) is 24.2 Å². The number of nitrogens with zero attached hydrogens (tertiary/aromatic N) is 4. The highest BCUT2D eigenvalue weighted by Crippen LogP contribution is 2.47. The summed E-state index contributed by atoms with van der Waals surface area (Å²) in [5.41, 5.74) is 0.0979. The Morgan fingerprint density at radius 1 is 0.923 bits per heavy atom. The Morgan fingerprint density at radius 2 is 1.62 bits per heavy atom. The molecule has 4 fully saturated rings. The van der Waals surface area contributed by atoms with Gasteiger partial charge in [-0.3, -0.25) is 9.69 Å². The van der Waals surface area contributed by atoms with Crippen molar-refractivity contribution in [3.63, 3.8) is 0 Å². The number of aliphatic hydroxyl groups is 1. The second-order valence-electron chi connectivity index (χ2n) is 12.1. The van der Waals surface area contributed by atoms with Gasteiger partial charge in [0.1, 0.15) is 6.61 Å². The zero-order chi connectivity index (χ0) is 26.9. The molecule has 3 unspecified atom stereocenters. The van der Waals surface area contributed by atoms with Gasteiger partial charge >= 0.3 is 5.97 Å². The molecule has 2 saturated heterocycles. The molecule has 0 spiro atoms. The zero-order valence-electron chi connectivity index (χ0n) is 22.6. The highest BCUT2D eigenvalue weighted by atomic mass is 16.6. The average Bonchev–Trinajstić information content (AvgIpc) is 3.09. The number of fused-ring (bicyclic) bond motifs is 5. The third-order valence-corrected chi connectivity index (χ3v) is 9.71. The summed E-state index contributed by atoms with van der Waals surface area (Å²) < 4.78 is 1.80. The lowest BCUT2D eigenvalue weighted by Crippen LogP contribution is -2.58. The molecule has 3 heterocycles. The van der Waals surface area contributed by atoms with Gasteiger partial charge in [-0.1, -0.05) is 49.4 Å². The molecule has 2 N–H and O–H groups in total. The van der Waals surface area contributed by atoms with Crippen LogP contribution in [0.3, 0.4) is 0 Å².